The molecule has 1 aliphatic rings. The van der Waals surface area contributed by atoms with Crippen LogP contribution < -0.4 is 5.32 Å². The van der Waals surface area contributed by atoms with Crippen molar-refractivity contribution in [1.82, 2.24) is 5.32 Å². The summed E-state index contributed by atoms with van der Waals surface area (Å²) in [6.07, 6.45) is 3.26. The van der Waals surface area contributed by atoms with Gasteiger partial charge in [-0.25, -0.2) is 0 Å². The summed E-state index contributed by atoms with van der Waals surface area (Å²) in [7, 11) is 0. The van der Waals surface area contributed by atoms with E-state index in [1.807, 2.05) is 13.8 Å². The van der Waals surface area contributed by atoms with Crippen molar-refractivity contribution in [1.29, 1.82) is 0 Å². The van der Waals surface area contributed by atoms with E-state index in [4.69, 9.17) is 9.84 Å². The summed E-state index contributed by atoms with van der Waals surface area (Å²) in [4.78, 5) is 23.0. The average molecular weight is 257 g/mol. The van der Waals surface area contributed by atoms with Crippen LogP contribution in [-0.4, -0.2) is 36.2 Å². The number of carbonyl (C=O) groups excluding carboxylic acids is 1. The number of hydrogen-bond donors (Lipinski definition) is 2. The van der Waals surface area contributed by atoms with E-state index in [1.54, 1.807) is 0 Å². The van der Waals surface area contributed by atoms with Crippen molar-refractivity contribution in [3.8, 4) is 0 Å². The molecular formula is C13H23NO4. The third kappa shape index (κ3) is 4.64. The van der Waals surface area contributed by atoms with E-state index in [9.17, 15) is 9.59 Å². The van der Waals surface area contributed by atoms with Gasteiger partial charge in [0.1, 0.15) is 0 Å². The summed E-state index contributed by atoms with van der Waals surface area (Å²) in [6.45, 7) is 4.78. The smallest absolute Gasteiger partial charge is 0.307 e. The Morgan fingerprint density at radius 1 is 1.28 bits per heavy atom. The number of hydrogen-bond acceptors (Lipinski definition) is 3. The van der Waals surface area contributed by atoms with Gasteiger partial charge in [-0.2, -0.15) is 0 Å². The van der Waals surface area contributed by atoms with Crippen molar-refractivity contribution in [3.63, 3.8) is 0 Å². The fourth-order valence-corrected chi connectivity index (χ4v) is 2.34. The van der Waals surface area contributed by atoms with E-state index in [1.165, 1.54) is 0 Å². The van der Waals surface area contributed by atoms with Gasteiger partial charge in [-0.1, -0.05) is 12.8 Å². The summed E-state index contributed by atoms with van der Waals surface area (Å²) in [5, 5.41) is 11.9. The van der Waals surface area contributed by atoms with Crippen LogP contribution in [0.2, 0.25) is 0 Å². The standard InChI is InChI=1S/C13H23NO4/c1-9(2)18-8-7-14-12(15)10-5-3-4-6-11(10)13(16)17/h9-11H,3-8H2,1-2H3,(H,14,15)(H,16,17). The van der Waals surface area contributed by atoms with Gasteiger partial charge < -0.3 is 15.2 Å². The lowest BCUT2D eigenvalue weighted by Gasteiger charge is -2.27. The Kier molecular flexibility index (Phi) is 6.12. The van der Waals surface area contributed by atoms with Gasteiger partial charge in [-0.15, -0.1) is 0 Å². The number of ether oxygens (including phenoxy) is 1. The molecular weight excluding hydrogens is 234 g/mol. The number of aliphatic carboxylic acids is 1. The number of carboxylic acids is 1. The second kappa shape index (κ2) is 7.36. The minimum absolute atomic E-state index is 0.142. The molecule has 2 N–H and O–H groups in total. The molecule has 0 radical (unpaired) electrons. The highest BCUT2D eigenvalue weighted by molar-refractivity contribution is 5.84. The summed E-state index contributed by atoms with van der Waals surface area (Å²) in [6, 6.07) is 0. The predicted octanol–water partition coefficient (Wildman–Crippen LogP) is 1.42. The molecule has 1 aliphatic carbocycles. The molecule has 0 spiro atoms. The minimum atomic E-state index is -0.853. The molecule has 1 fully saturated rings. The Morgan fingerprint density at radius 2 is 1.89 bits per heavy atom. The monoisotopic (exact) mass is 257 g/mol. The van der Waals surface area contributed by atoms with Gasteiger partial charge in [-0.3, -0.25) is 9.59 Å². The first kappa shape index (κ1) is 15.0. The van der Waals surface area contributed by atoms with Crippen LogP contribution in [0.1, 0.15) is 39.5 Å². The van der Waals surface area contributed by atoms with Gasteiger partial charge in [-0.05, 0) is 26.7 Å². The Bertz CT molecular complexity index is 291. The quantitative estimate of drug-likeness (QED) is 0.706. The summed E-state index contributed by atoms with van der Waals surface area (Å²) in [5.74, 6) is -1.90. The normalized spacial score (nSPS) is 23.9. The molecule has 2 atom stereocenters. The number of nitrogens with one attached hydrogen (secondary N) is 1. The van der Waals surface area contributed by atoms with Crippen molar-refractivity contribution < 1.29 is 19.4 Å². The highest BCUT2D eigenvalue weighted by Gasteiger charge is 2.35. The van der Waals surface area contributed by atoms with Gasteiger partial charge in [0.2, 0.25) is 5.91 Å². The van der Waals surface area contributed by atoms with Gasteiger partial charge >= 0.3 is 5.97 Å². The number of carbonyl (C=O) groups is 2. The van der Waals surface area contributed by atoms with Gasteiger partial charge in [0.05, 0.1) is 24.5 Å². The molecule has 0 bridgehead atoms. The Balaban J connectivity index is 2.36. The van der Waals surface area contributed by atoms with Crippen molar-refractivity contribution in [3.05, 3.63) is 0 Å². The molecule has 1 saturated carbocycles. The van der Waals surface area contributed by atoms with Crippen LogP contribution in [0, 0.1) is 11.8 Å². The van der Waals surface area contributed by atoms with Crippen LogP contribution in [0.5, 0.6) is 0 Å². The summed E-state index contributed by atoms with van der Waals surface area (Å²) < 4.78 is 5.32. The fraction of sp³-hybridized carbons (Fsp3) is 0.846. The van der Waals surface area contributed by atoms with E-state index in [0.29, 0.717) is 26.0 Å². The van der Waals surface area contributed by atoms with Crippen LogP contribution in [0.25, 0.3) is 0 Å². The minimum Gasteiger partial charge on any atom is -0.481 e. The van der Waals surface area contributed by atoms with E-state index >= 15 is 0 Å². The maximum atomic E-state index is 11.9. The van der Waals surface area contributed by atoms with Gasteiger partial charge in [0.15, 0.2) is 0 Å². The highest BCUT2D eigenvalue weighted by atomic mass is 16.5. The van der Waals surface area contributed by atoms with Gasteiger partial charge in [0, 0.05) is 6.54 Å². The molecule has 104 valence electrons. The number of carboxylic acid groups (broad SMARTS) is 1. The van der Waals surface area contributed by atoms with E-state index in [-0.39, 0.29) is 17.9 Å². The van der Waals surface area contributed by atoms with Gasteiger partial charge in [0.25, 0.3) is 0 Å². The molecule has 0 heterocycles. The molecule has 1 amide bonds. The lowest BCUT2D eigenvalue weighted by atomic mass is 9.79. The highest BCUT2D eigenvalue weighted by Crippen LogP contribution is 2.30. The predicted molar refractivity (Wildman–Crippen MR) is 67.2 cm³/mol. The largest absolute Gasteiger partial charge is 0.481 e. The fourth-order valence-electron chi connectivity index (χ4n) is 2.34. The molecule has 2 unspecified atom stereocenters. The maximum absolute atomic E-state index is 11.9. The van der Waals surface area contributed by atoms with Crippen molar-refractivity contribution in [2.24, 2.45) is 11.8 Å². The second-order valence-electron chi connectivity index (χ2n) is 5.05. The first-order valence-electron chi connectivity index (χ1n) is 6.64. The first-order chi connectivity index (χ1) is 8.52. The van der Waals surface area contributed by atoms with Crippen LogP contribution >= 0.6 is 0 Å². The maximum Gasteiger partial charge on any atom is 0.307 e. The zero-order valence-corrected chi connectivity index (χ0v) is 11.1. The SMILES string of the molecule is CC(C)OCCNC(=O)C1CCCCC1C(=O)O. The second-order valence-corrected chi connectivity index (χ2v) is 5.05. The van der Waals surface area contributed by atoms with Crippen molar-refractivity contribution in [2.45, 2.75) is 45.6 Å². The topological polar surface area (TPSA) is 75.6 Å². The molecule has 0 aliphatic heterocycles. The molecule has 18 heavy (non-hydrogen) atoms. The molecule has 5 nitrogen and oxygen atoms in total. The molecule has 0 saturated heterocycles. The lowest BCUT2D eigenvalue weighted by molar-refractivity contribution is -0.149. The molecule has 0 aromatic carbocycles. The van der Waals surface area contributed by atoms with E-state index in [2.05, 4.69) is 5.32 Å². The first-order valence-corrected chi connectivity index (χ1v) is 6.64. The zero-order valence-electron chi connectivity index (χ0n) is 11.1. The molecule has 1 rings (SSSR count). The summed E-state index contributed by atoms with van der Waals surface area (Å²) >= 11 is 0. The third-order valence-corrected chi connectivity index (χ3v) is 3.27. The zero-order chi connectivity index (χ0) is 13.5. The Morgan fingerprint density at radius 3 is 2.44 bits per heavy atom. The van der Waals surface area contributed by atoms with Crippen LogP contribution in [0.3, 0.4) is 0 Å². The number of rotatable bonds is 6. The Labute approximate surface area is 108 Å². The molecule has 5 heteroatoms. The van der Waals surface area contributed by atoms with Crippen LogP contribution in [0.15, 0.2) is 0 Å². The van der Waals surface area contributed by atoms with Crippen LogP contribution in [-0.2, 0) is 14.3 Å². The van der Waals surface area contributed by atoms with Crippen LogP contribution in [0.4, 0.5) is 0 Å². The number of amides is 1. The molecule has 0 aromatic heterocycles. The van der Waals surface area contributed by atoms with Crippen molar-refractivity contribution in [2.75, 3.05) is 13.2 Å². The van der Waals surface area contributed by atoms with E-state index < -0.39 is 11.9 Å². The third-order valence-electron chi connectivity index (χ3n) is 3.27. The summed E-state index contributed by atoms with van der Waals surface area (Å²) in [5.41, 5.74) is 0. The average Bonchev–Trinajstić information content (AvgIpc) is 2.34. The lowest BCUT2D eigenvalue weighted by Crippen LogP contribution is -2.40. The Hall–Kier alpha value is -1.10. The van der Waals surface area contributed by atoms with Crippen molar-refractivity contribution >= 4 is 11.9 Å². The van der Waals surface area contributed by atoms with E-state index in [0.717, 1.165) is 12.8 Å². The molecule has 0 aromatic rings.